The molecule has 0 aliphatic carbocycles. The molecule has 1 heterocycles. The SMILES string of the molecule is CC(=O)N1CCCN(S(=O)(=O)C=Cc2ccccc2Cl)CC1. The summed E-state index contributed by atoms with van der Waals surface area (Å²) >= 11 is 6.02. The van der Waals surface area contributed by atoms with Crippen molar-refractivity contribution in [3.05, 3.63) is 40.3 Å². The summed E-state index contributed by atoms with van der Waals surface area (Å²) in [6.07, 6.45) is 2.14. The molecule has 0 bridgehead atoms. The van der Waals surface area contributed by atoms with Gasteiger partial charge in [-0.1, -0.05) is 29.8 Å². The highest BCUT2D eigenvalue weighted by Gasteiger charge is 2.23. The minimum Gasteiger partial charge on any atom is -0.342 e. The Morgan fingerprint density at radius 1 is 1.18 bits per heavy atom. The molecular formula is C15H19ClN2O3S. The van der Waals surface area contributed by atoms with Gasteiger partial charge in [0.2, 0.25) is 15.9 Å². The van der Waals surface area contributed by atoms with Crippen molar-refractivity contribution in [2.24, 2.45) is 0 Å². The highest BCUT2D eigenvalue weighted by atomic mass is 35.5. The summed E-state index contributed by atoms with van der Waals surface area (Å²) < 4.78 is 26.2. The van der Waals surface area contributed by atoms with E-state index in [1.54, 1.807) is 29.2 Å². The maximum absolute atomic E-state index is 12.4. The van der Waals surface area contributed by atoms with Gasteiger partial charge in [0.25, 0.3) is 0 Å². The second-order valence-electron chi connectivity index (χ2n) is 5.13. The molecule has 0 unspecified atom stereocenters. The molecule has 0 aromatic heterocycles. The van der Waals surface area contributed by atoms with Gasteiger partial charge in [0.05, 0.1) is 0 Å². The molecule has 0 spiro atoms. The molecule has 2 rings (SSSR count). The van der Waals surface area contributed by atoms with Crippen molar-refractivity contribution in [2.75, 3.05) is 26.2 Å². The van der Waals surface area contributed by atoms with Crippen LogP contribution in [0, 0.1) is 0 Å². The van der Waals surface area contributed by atoms with E-state index < -0.39 is 10.0 Å². The van der Waals surface area contributed by atoms with Crippen molar-refractivity contribution < 1.29 is 13.2 Å². The van der Waals surface area contributed by atoms with Crippen LogP contribution in [0.15, 0.2) is 29.7 Å². The van der Waals surface area contributed by atoms with Crippen LogP contribution in [0.2, 0.25) is 5.02 Å². The van der Waals surface area contributed by atoms with Gasteiger partial charge in [0.15, 0.2) is 0 Å². The molecule has 0 radical (unpaired) electrons. The number of carbonyl (C=O) groups excluding carboxylic acids is 1. The normalized spacial score (nSPS) is 17.6. The molecule has 0 atom stereocenters. The third-order valence-corrected chi connectivity index (χ3v) is 5.49. The maximum atomic E-state index is 12.4. The summed E-state index contributed by atoms with van der Waals surface area (Å²) in [5.74, 6) is -0.0224. The average molecular weight is 343 g/mol. The van der Waals surface area contributed by atoms with Crippen LogP contribution in [0.4, 0.5) is 0 Å². The number of benzene rings is 1. The predicted molar refractivity (Wildman–Crippen MR) is 87.8 cm³/mol. The zero-order valence-electron chi connectivity index (χ0n) is 12.4. The number of halogens is 1. The van der Waals surface area contributed by atoms with Crippen molar-refractivity contribution in [2.45, 2.75) is 13.3 Å². The van der Waals surface area contributed by atoms with Crippen LogP contribution in [-0.2, 0) is 14.8 Å². The summed E-state index contributed by atoms with van der Waals surface area (Å²) in [4.78, 5) is 13.1. The lowest BCUT2D eigenvalue weighted by Gasteiger charge is -2.19. The molecule has 5 nitrogen and oxygen atoms in total. The van der Waals surface area contributed by atoms with Gasteiger partial charge in [-0.25, -0.2) is 8.42 Å². The minimum absolute atomic E-state index is 0.0224. The van der Waals surface area contributed by atoms with E-state index in [2.05, 4.69) is 0 Å². The number of nitrogens with zero attached hydrogens (tertiary/aromatic N) is 2. The van der Waals surface area contributed by atoms with Crippen LogP contribution < -0.4 is 0 Å². The summed E-state index contributed by atoms with van der Waals surface area (Å²) in [6, 6.07) is 7.06. The lowest BCUT2D eigenvalue weighted by molar-refractivity contribution is -0.128. The first kappa shape index (κ1) is 17.0. The van der Waals surface area contributed by atoms with Crippen molar-refractivity contribution in [1.82, 2.24) is 9.21 Å². The van der Waals surface area contributed by atoms with E-state index in [4.69, 9.17) is 11.6 Å². The highest BCUT2D eigenvalue weighted by Crippen LogP contribution is 2.18. The van der Waals surface area contributed by atoms with Gasteiger partial charge in [-0.15, -0.1) is 0 Å². The molecule has 1 aliphatic heterocycles. The van der Waals surface area contributed by atoms with E-state index >= 15 is 0 Å². The molecule has 1 saturated heterocycles. The number of hydrogen-bond acceptors (Lipinski definition) is 3. The van der Waals surface area contributed by atoms with Gasteiger partial charge in [-0.3, -0.25) is 4.79 Å². The topological polar surface area (TPSA) is 57.7 Å². The van der Waals surface area contributed by atoms with E-state index in [0.29, 0.717) is 43.2 Å². The first-order valence-electron chi connectivity index (χ1n) is 7.08. The Labute approximate surface area is 136 Å². The summed E-state index contributed by atoms with van der Waals surface area (Å²) in [5.41, 5.74) is 0.660. The molecule has 1 fully saturated rings. The minimum atomic E-state index is -3.51. The molecule has 1 amide bonds. The van der Waals surface area contributed by atoms with E-state index in [9.17, 15) is 13.2 Å². The number of amides is 1. The van der Waals surface area contributed by atoms with E-state index in [1.807, 2.05) is 0 Å². The molecule has 1 aromatic rings. The second kappa shape index (κ2) is 7.26. The Balaban J connectivity index is 2.10. The molecule has 22 heavy (non-hydrogen) atoms. The number of hydrogen-bond donors (Lipinski definition) is 0. The van der Waals surface area contributed by atoms with Crippen LogP contribution in [0.1, 0.15) is 18.9 Å². The highest BCUT2D eigenvalue weighted by molar-refractivity contribution is 7.92. The van der Waals surface area contributed by atoms with Gasteiger partial charge in [0, 0.05) is 43.5 Å². The Hall–Kier alpha value is -1.37. The predicted octanol–water partition coefficient (Wildman–Crippen LogP) is 2.19. The second-order valence-corrected chi connectivity index (χ2v) is 7.35. The van der Waals surface area contributed by atoms with Gasteiger partial charge >= 0.3 is 0 Å². The Kier molecular flexibility index (Phi) is 5.61. The van der Waals surface area contributed by atoms with Crippen LogP contribution in [0.3, 0.4) is 0 Å². The van der Waals surface area contributed by atoms with Crippen LogP contribution >= 0.6 is 11.6 Å². The largest absolute Gasteiger partial charge is 0.342 e. The monoisotopic (exact) mass is 342 g/mol. The van der Waals surface area contributed by atoms with Crippen LogP contribution in [0.25, 0.3) is 6.08 Å². The molecular weight excluding hydrogens is 324 g/mol. The summed E-state index contributed by atoms with van der Waals surface area (Å²) in [6.45, 7) is 3.25. The van der Waals surface area contributed by atoms with Crippen LogP contribution in [0.5, 0.6) is 0 Å². The molecule has 1 aromatic carbocycles. The Morgan fingerprint density at radius 3 is 2.59 bits per heavy atom. The smallest absolute Gasteiger partial charge is 0.236 e. The average Bonchev–Trinajstić information content (AvgIpc) is 2.73. The lowest BCUT2D eigenvalue weighted by Crippen LogP contribution is -2.35. The standard InChI is InChI=1S/C15H19ClN2O3S/c1-13(19)17-8-4-9-18(11-10-17)22(20,21)12-7-14-5-2-3-6-15(14)16/h2-3,5-7,12H,4,8-11H2,1H3. The number of carbonyl (C=O) groups is 1. The Bertz CT molecular complexity index is 673. The van der Waals surface area contributed by atoms with E-state index in [-0.39, 0.29) is 5.91 Å². The summed E-state index contributed by atoms with van der Waals surface area (Å²) in [5, 5.41) is 1.69. The van der Waals surface area contributed by atoms with Crippen molar-refractivity contribution in [3.8, 4) is 0 Å². The zero-order chi connectivity index (χ0) is 16.2. The maximum Gasteiger partial charge on any atom is 0.236 e. The fourth-order valence-electron chi connectivity index (χ4n) is 2.32. The summed E-state index contributed by atoms with van der Waals surface area (Å²) in [7, 11) is -3.51. The zero-order valence-corrected chi connectivity index (χ0v) is 14.0. The Morgan fingerprint density at radius 2 is 1.91 bits per heavy atom. The van der Waals surface area contributed by atoms with E-state index in [0.717, 1.165) is 0 Å². The quantitative estimate of drug-likeness (QED) is 0.846. The number of rotatable bonds is 3. The van der Waals surface area contributed by atoms with E-state index in [1.165, 1.54) is 22.7 Å². The fourth-order valence-corrected chi connectivity index (χ4v) is 3.73. The lowest BCUT2D eigenvalue weighted by atomic mass is 10.2. The molecule has 120 valence electrons. The van der Waals surface area contributed by atoms with Gasteiger partial charge < -0.3 is 4.90 Å². The molecule has 0 N–H and O–H groups in total. The molecule has 1 aliphatic rings. The fraction of sp³-hybridized carbons (Fsp3) is 0.400. The van der Waals surface area contributed by atoms with Gasteiger partial charge in [0.1, 0.15) is 0 Å². The number of sulfonamides is 1. The van der Waals surface area contributed by atoms with Crippen molar-refractivity contribution in [3.63, 3.8) is 0 Å². The van der Waals surface area contributed by atoms with Crippen molar-refractivity contribution in [1.29, 1.82) is 0 Å². The third-order valence-electron chi connectivity index (χ3n) is 3.58. The third kappa shape index (κ3) is 4.32. The molecule has 0 saturated carbocycles. The van der Waals surface area contributed by atoms with Crippen molar-refractivity contribution >= 4 is 33.6 Å². The van der Waals surface area contributed by atoms with Gasteiger partial charge in [-0.05, 0) is 24.1 Å². The van der Waals surface area contributed by atoms with Gasteiger partial charge in [-0.2, -0.15) is 4.31 Å². The van der Waals surface area contributed by atoms with Crippen LogP contribution in [-0.4, -0.2) is 49.7 Å². The first-order chi connectivity index (χ1) is 10.4. The first-order valence-corrected chi connectivity index (χ1v) is 8.96. The molecule has 7 heteroatoms.